The lowest BCUT2D eigenvalue weighted by atomic mass is 10.0. The summed E-state index contributed by atoms with van der Waals surface area (Å²) in [5, 5.41) is 13.4. The summed E-state index contributed by atoms with van der Waals surface area (Å²) in [6.45, 7) is 1.87. The minimum absolute atomic E-state index is 0.225. The van der Waals surface area contributed by atoms with Crippen molar-refractivity contribution in [3.63, 3.8) is 0 Å². The third-order valence-corrected chi connectivity index (χ3v) is 6.20. The Hall–Kier alpha value is -3.49. The Kier molecular flexibility index (Phi) is 5.01. The summed E-state index contributed by atoms with van der Waals surface area (Å²) in [5.74, 6) is 0.831. The van der Waals surface area contributed by atoms with Crippen LogP contribution >= 0.6 is 22.9 Å². The van der Waals surface area contributed by atoms with Gasteiger partial charge < -0.3 is 10.6 Å². The second-order valence-corrected chi connectivity index (χ2v) is 8.35. The van der Waals surface area contributed by atoms with E-state index in [1.165, 1.54) is 0 Å². The molecule has 3 aromatic heterocycles. The first kappa shape index (κ1) is 19.5. The van der Waals surface area contributed by atoms with E-state index in [0.717, 1.165) is 10.4 Å². The van der Waals surface area contributed by atoms with E-state index < -0.39 is 6.04 Å². The molecule has 1 aliphatic heterocycles. The van der Waals surface area contributed by atoms with E-state index >= 15 is 0 Å². The minimum atomic E-state index is -0.420. The fraction of sp³-hybridized carbons (Fsp3) is 0.0909. The van der Waals surface area contributed by atoms with E-state index in [1.54, 1.807) is 46.6 Å². The van der Waals surface area contributed by atoms with Crippen LogP contribution in [-0.2, 0) is 4.79 Å². The normalized spacial score (nSPS) is 15.4. The largest absolute Gasteiger partial charge is 0.328 e. The molecule has 154 valence electrons. The zero-order chi connectivity index (χ0) is 21.4. The van der Waals surface area contributed by atoms with Crippen LogP contribution in [0.15, 0.2) is 77.6 Å². The predicted octanol–water partition coefficient (Wildman–Crippen LogP) is 4.98. The maximum atomic E-state index is 13.3. The number of anilines is 2. The molecule has 4 heterocycles. The van der Waals surface area contributed by atoms with Crippen molar-refractivity contribution >= 4 is 40.5 Å². The number of aromatic nitrogens is 4. The maximum Gasteiger partial charge on any atom is 0.255 e. The van der Waals surface area contributed by atoms with Gasteiger partial charge in [-0.25, -0.2) is 4.68 Å². The molecule has 0 saturated heterocycles. The van der Waals surface area contributed by atoms with Crippen molar-refractivity contribution in [3.05, 3.63) is 87.5 Å². The number of fused-ring (bicyclic) bond motifs is 1. The van der Waals surface area contributed by atoms with E-state index in [9.17, 15) is 4.79 Å². The van der Waals surface area contributed by atoms with Gasteiger partial charge in [0, 0.05) is 22.3 Å². The Bertz CT molecular complexity index is 1280. The quantitative estimate of drug-likeness (QED) is 0.459. The van der Waals surface area contributed by atoms with Gasteiger partial charge in [-0.3, -0.25) is 9.78 Å². The van der Waals surface area contributed by atoms with Gasteiger partial charge >= 0.3 is 0 Å². The number of thiophene rings is 1. The van der Waals surface area contributed by atoms with Gasteiger partial charge in [0.15, 0.2) is 5.82 Å². The van der Waals surface area contributed by atoms with Crippen molar-refractivity contribution in [3.8, 4) is 11.4 Å². The lowest BCUT2D eigenvalue weighted by Gasteiger charge is -2.27. The minimum Gasteiger partial charge on any atom is -0.328 e. The fourth-order valence-corrected chi connectivity index (χ4v) is 4.59. The van der Waals surface area contributed by atoms with Crippen molar-refractivity contribution < 1.29 is 4.79 Å². The monoisotopic (exact) mass is 448 g/mol. The van der Waals surface area contributed by atoms with Crippen LogP contribution in [0.4, 0.5) is 11.6 Å². The number of benzene rings is 1. The summed E-state index contributed by atoms with van der Waals surface area (Å²) >= 11 is 7.93. The van der Waals surface area contributed by atoms with Crippen LogP contribution in [0.3, 0.4) is 0 Å². The van der Waals surface area contributed by atoms with Gasteiger partial charge in [-0.1, -0.05) is 29.8 Å². The van der Waals surface area contributed by atoms with Gasteiger partial charge in [-0.2, -0.15) is 4.98 Å². The number of pyridine rings is 1. The molecule has 0 fully saturated rings. The summed E-state index contributed by atoms with van der Waals surface area (Å²) in [6, 6.07) is 14.5. The van der Waals surface area contributed by atoms with E-state index in [4.69, 9.17) is 16.7 Å². The molecule has 1 aromatic carbocycles. The van der Waals surface area contributed by atoms with Crippen LogP contribution < -0.4 is 10.6 Å². The van der Waals surface area contributed by atoms with Crippen LogP contribution in [0.1, 0.15) is 17.8 Å². The SMILES string of the molecule is CC1=C(C(=O)Nc2cccnc2)C(c2cccs2)n2nc(-c3ccccc3Cl)nc2N1. The number of halogens is 1. The average molecular weight is 449 g/mol. The van der Waals surface area contributed by atoms with E-state index in [-0.39, 0.29) is 5.91 Å². The van der Waals surface area contributed by atoms with Gasteiger partial charge in [-0.15, -0.1) is 16.4 Å². The standard InChI is InChI=1S/C22H17ClN6OS/c1-13-18(21(30)26-14-6-4-10-24-12-14)19(17-9-5-11-31-17)29-22(25-13)27-20(28-29)15-7-2-3-8-16(15)23/h2-12,19H,1H3,(H,26,30)(H,25,27,28). The highest BCUT2D eigenvalue weighted by molar-refractivity contribution is 7.10. The Labute approximate surface area is 187 Å². The maximum absolute atomic E-state index is 13.3. The molecule has 9 heteroatoms. The molecule has 1 amide bonds. The second kappa shape index (κ2) is 7.98. The molecule has 2 N–H and O–H groups in total. The summed E-state index contributed by atoms with van der Waals surface area (Å²) in [5.41, 5.74) is 2.63. The molecule has 7 nitrogen and oxygen atoms in total. The van der Waals surface area contributed by atoms with Crippen LogP contribution in [-0.4, -0.2) is 25.7 Å². The molecule has 0 spiro atoms. The van der Waals surface area contributed by atoms with Crippen molar-refractivity contribution in [2.24, 2.45) is 0 Å². The lowest BCUT2D eigenvalue weighted by molar-refractivity contribution is -0.113. The Morgan fingerprint density at radius 2 is 2.06 bits per heavy atom. The smallest absolute Gasteiger partial charge is 0.255 e. The van der Waals surface area contributed by atoms with Gasteiger partial charge in [0.05, 0.1) is 22.5 Å². The molecule has 31 heavy (non-hydrogen) atoms. The topological polar surface area (TPSA) is 84.7 Å². The summed E-state index contributed by atoms with van der Waals surface area (Å²) in [7, 11) is 0. The van der Waals surface area contributed by atoms with Crippen molar-refractivity contribution in [2.45, 2.75) is 13.0 Å². The van der Waals surface area contributed by atoms with Crippen LogP contribution in [0.2, 0.25) is 5.02 Å². The molecule has 4 aromatic rings. The van der Waals surface area contributed by atoms with E-state index in [0.29, 0.717) is 33.8 Å². The van der Waals surface area contributed by atoms with Gasteiger partial charge in [-0.05, 0) is 42.6 Å². The average Bonchev–Trinajstić information content (AvgIpc) is 3.43. The Morgan fingerprint density at radius 1 is 1.19 bits per heavy atom. The highest BCUT2D eigenvalue weighted by atomic mass is 35.5. The predicted molar refractivity (Wildman–Crippen MR) is 122 cm³/mol. The number of nitrogens with zero attached hydrogens (tertiary/aromatic N) is 4. The van der Waals surface area contributed by atoms with Crippen LogP contribution in [0, 0.1) is 0 Å². The molecule has 0 saturated carbocycles. The first-order chi connectivity index (χ1) is 15.1. The zero-order valence-corrected chi connectivity index (χ0v) is 18.0. The van der Waals surface area contributed by atoms with E-state index in [2.05, 4.69) is 20.6 Å². The summed E-state index contributed by atoms with van der Waals surface area (Å²) in [4.78, 5) is 23.0. The number of nitrogens with one attached hydrogen (secondary N) is 2. The number of amides is 1. The van der Waals surface area contributed by atoms with Crippen LogP contribution in [0.25, 0.3) is 11.4 Å². The first-order valence-corrected chi connectivity index (χ1v) is 10.8. The number of carbonyl (C=O) groups is 1. The molecular formula is C22H17ClN6OS. The lowest BCUT2D eigenvalue weighted by Crippen LogP contribution is -2.31. The number of allylic oxidation sites excluding steroid dienone is 1. The van der Waals surface area contributed by atoms with Crippen LogP contribution in [0.5, 0.6) is 0 Å². The summed E-state index contributed by atoms with van der Waals surface area (Å²) < 4.78 is 1.75. The zero-order valence-electron chi connectivity index (χ0n) is 16.4. The fourth-order valence-electron chi connectivity index (χ4n) is 3.55. The molecule has 1 atom stereocenters. The highest BCUT2D eigenvalue weighted by Crippen LogP contribution is 2.39. The third kappa shape index (κ3) is 3.60. The van der Waals surface area contributed by atoms with Gasteiger partial charge in [0.2, 0.25) is 5.95 Å². The molecule has 1 aliphatic rings. The molecule has 5 rings (SSSR count). The van der Waals surface area contributed by atoms with Gasteiger partial charge in [0.25, 0.3) is 5.91 Å². The Morgan fingerprint density at radius 3 is 2.81 bits per heavy atom. The van der Waals surface area contributed by atoms with Crippen molar-refractivity contribution in [1.29, 1.82) is 0 Å². The van der Waals surface area contributed by atoms with Crippen molar-refractivity contribution in [2.75, 3.05) is 10.6 Å². The Balaban J connectivity index is 1.59. The molecule has 1 unspecified atom stereocenters. The number of rotatable bonds is 4. The molecular weight excluding hydrogens is 432 g/mol. The molecule has 0 aliphatic carbocycles. The third-order valence-electron chi connectivity index (χ3n) is 4.94. The number of hydrogen-bond acceptors (Lipinski definition) is 6. The van der Waals surface area contributed by atoms with Gasteiger partial charge in [0.1, 0.15) is 6.04 Å². The summed E-state index contributed by atoms with van der Waals surface area (Å²) in [6.07, 6.45) is 3.27. The number of hydrogen-bond donors (Lipinski definition) is 2. The molecule has 0 bridgehead atoms. The number of carbonyl (C=O) groups excluding carboxylic acids is 1. The first-order valence-electron chi connectivity index (χ1n) is 9.56. The second-order valence-electron chi connectivity index (χ2n) is 6.96. The molecule has 0 radical (unpaired) electrons. The van der Waals surface area contributed by atoms with E-state index in [1.807, 2.05) is 42.6 Å². The highest BCUT2D eigenvalue weighted by Gasteiger charge is 2.35. The van der Waals surface area contributed by atoms with Crippen molar-refractivity contribution in [1.82, 2.24) is 19.7 Å².